The van der Waals surface area contributed by atoms with Gasteiger partial charge in [-0.2, -0.15) is 0 Å². The van der Waals surface area contributed by atoms with Crippen molar-refractivity contribution in [3.8, 4) is 5.88 Å². The Labute approximate surface area is 85.0 Å². The van der Waals surface area contributed by atoms with Crippen LogP contribution >= 0.6 is 15.9 Å². The van der Waals surface area contributed by atoms with Crippen molar-refractivity contribution in [2.45, 2.75) is 13.3 Å². The van der Waals surface area contributed by atoms with Crippen molar-refractivity contribution in [1.29, 1.82) is 0 Å². The van der Waals surface area contributed by atoms with Crippen molar-refractivity contribution in [3.63, 3.8) is 0 Å². The van der Waals surface area contributed by atoms with E-state index in [-0.39, 0.29) is 10.2 Å². The quantitative estimate of drug-likeness (QED) is 0.734. The molecule has 1 aromatic rings. The second-order valence-corrected chi connectivity index (χ2v) is 3.24. The molecule has 0 atom stereocenters. The van der Waals surface area contributed by atoms with Crippen molar-refractivity contribution in [2.75, 3.05) is 0 Å². The van der Waals surface area contributed by atoms with Crippen LogP contribution in [-0.4, -0.2) is 11.3 Å². The summed E-state index contributed by atoms with van der Waals surface area (Å²) < 4.78 is 51.6. The summed E-state index contributed by atoms with van der Waals surface area (Å²) in [6, 6.07) is 0.864. The van der Waals surface area contributed by atoms with Gasteiger partial charge >= 0.3 is 6.36 Å². The summed E-state index contributed by atoms with van der Waals surface area (Å²) in [5.41, 5.74) is 0.214. The van der Waals surface area contributed by atoms with Gasteiger partial charge in [-0.3, -0.25) is 0 Å². The van der Waals surface area contributed by atoms with Crippen LogP contribution in [0.2, 0.25) is 0 Å². The van der Waals surface area contributed by atoms with Crippen LogP contribution < -0.4 is 4.74 Å². The largest absolute Gasteiger partial charge is 0.574 e. The number of aromatic nitrogens is 1. The van der Waals surface area contributed by atoms with E-state index in [0.29, 0.717) is 0 Å². The normalized spacial score (nSPS) is 11.6. The van der Waals surface area contributed by atoms with Crippen LogP contribution in [0.15, 0.2) is 10.5 Å². The molecular weight excluding hydrogens is 270 g/mol. The maximum atomic E-state index is 12.8. The molecule has 0 fully saturated rings. The van der Waals surface area contributed by atoms with E-state index in [4.69, 9.17) is 0 Å². The molecule has 0 aliphatic rings. The van der Waals surface area contributed by atoms with Gasteiger partial charge in [-0.15, -0.1) is 13.2 Å². The van der Waals surface area contributed by atoms with Crippen LogP contribution in [-0.2, 0) is 0 Å². The Morgan fingerprint density at radius 1 is 1.43 bits per heavy atom. The fraction of sp³-hybridized carbons (Fsp3) is 0.286. The van der Waals surface area contributed by atoms with Gasteiger partial charge in [0.2, 0.25) is 0 Å². The third-order valence-electron chi connectivity index (χ3n) is 1.29. The molecule has 78 valence electrons. The number of pyridine rings is 1. The molecule has 14 heavy (non-hydrogen) atoms. The lowest BCUT2D eigenvalue weighted by atomic mass is 10.4. The van der Waals surface area contributed by atoms with Crippen molar-refractivity contribution in [1.82, 2.24) is 4.98 Å². The highest BCUT2D eigenvalue weighted by atomic mass is 79.9. The molecule has 0 spiro atoms. The zero-order valence-electron chi connectivity index (χ0n) is 6.82. The van der Waals surface area contributed by atoms with Gasteiger partial charge in [-0.25, -0.2) is 9.37 Å². The SMILES string of the molecule is Cc1nc(OC(F)(F)F)c(F)cc1Br. The van der Waals surface area contributed by atoms with Crippen LogP contribution in [0.3, 0.4) is 0 Å². The first kappa shape index (κ1) is 11.2. The number of hydrogen-bond donors (Lipinski definition) is 0. The molecule has 0 amide bonds. The summed E-state index contributed by atoms with van der Waals surface area (Å²) in [6.07, 6.45) is -4.94. The molecule has 1 heterocycles. The zero-order valence-corrected chi connectivity index (χ0v) is 8.41. The monoisotopic (exact) mass is 273 g/mol. The average molecular weight is 274 g/mol. The number of aryl methyl sites for hydroxylation is 1. The van der Waals surface area contributed by atoms with Crippen molar-refractivity contribution in [2.24, 2.45) is 0 Å². The summed E-state index contributed by atoms with van der Waals surface area (Å²) in [4.78, 5) is 3.29. The van der Waals surface area contributed by atoms with E-state index >= 15 is 0 Å². The minimum absolute atomic E-state index is 0.214. The van der Waals surface area contributed by atoms with Crippen LogP contribution in [0, 0.1) is 12.7 Å². The van der Waals surface area contributed by atoms with E-state index in [0.717, 1.165) is 6.07 Å². The molecule has 0 aromatic carbocycles. The third kappa shape index (κ3) is 2.83. The molecule has 1 aromatic heterocycles. The van der Waals surface area contributed by atoms with Gasteiger partial charge < -0.3 is 4.74 Å². The predicted octanol–water partition coefficient (Wildman–Crippen LogP) is 3.19. The lowest BCUT2D eigenvalue weighted by Gasteiger charge is -2.09. The summed E-state index contributed by atoms with van der Waals surface area (Å²) in [6.45, 7) is 1.42. The molecule has 0 saturated heterocycles. The number of alkyl halides is 3. The predicted molar refractivity (Wildman–Crippen MR) is 43.3 cm³/mol. The van der Waals surface area contributed by atoms with Crippen molar-refractivity contribution < 1.29 is 22.3 Å². The second-order valence-electron chi connectivity index (χ2n) is 2.39. The van der Waals surface area contributed by atoms with Gasteiger partial charge in [0, 0.05) is 4.47 Å². The fourth-order valence-corrected chi connectivity index (χ4v) is 1.01. The molecule has 7 heteroatoms. The molecule has 0 bridgehead atoms. The Bertz CT molecular complexity index is 352. The van der Waals surface area contributed by atoms with E-state index in [9.17, 15) is 17.6 Å². The number of rotatable bonds is 1. The van der Waals surface area contributed by atoms with E-state index in [1.165, 1.54) is 6.92 Å². The first-order valence-electron chi connectivity index (χ1n) is 3.38. The first-order valence-corrected chi connectivity index (χ1v) is 4.17. The van der Waals surface area contributed by atoms with Crippen molar-refractivity contribution in [3.05, 3.63) is 22.1 Å². The van der Waals surface area contributed by atoms with E-state index in [2.05, 4.69) is 25.7 Å². The summed E-state index contributed by atoms with van der Waals surface area (Å²) in [5.74, 6) is -2.24. The Morgan fingerprint density at radius 2 is 2.00 bits per heavy atom. The molecular formula is C7H4BrF4NO. The molecule has 0 aliphatic carbocycles. The van der Waals surface area contributed by atoms with Crippen LogP contribution in [0.4, 0.5) is 17.6 Å². The number of halogens is 5. The van der Waals surface area contributed by atoms with Gasteiger partial charge in [0.25, 0.3) is 5.88 Å². The second kappa shape index (κ2) is 3.72. The topological polar surface area (TPSA) is 22.1 Å². The maximum Gasteiger partial charge on any atom is 0.574 e. The number of ether oxygens (including phenoxy) is 1. The minimum atomic E-state index is -4.94. The summed E-state index contributed by atoms with van der Waals surface area (Å²) in [5, 5.41) is 0. The van der Waals surface area contributed by atoms with Gasteiger partial charge in [0.05, 0.1) is 5.69 Å². The van der Waals surface area contributed by atoms with E-state index < -0.39 is 18.1 Å². The summed E-state index contributed by atoms with van der Waals surface area (Å²) in [7, 11) is 0. The fourth-order valence-electron chi connectivity index (χ4n) is 0.718. The van der Waals surface area contributed by atoms with E-state index in [1.54, 1.807) is 0 Å². The smallest absolute Gasteiger partial charge is 0.385 e. The van der Waals surface area contributed by atoms with Gasteiger partial charge in [0.15, 0.2) is 5.82 Å². The maximum absolute atomic E-state index is 12.8. The standard InChI is InChI=1S/C7H4BrF4NO/c1-3-4(8)2-5(9)6(13-3)14-7(10,11)12/h2H,1H3. The van der Waals surface area contributed by atoms with Gasteiger partial charge in [0.1, 0.15) is 0 Å². The highest BCUT2D eigenvalue weighted by Crippen LogP contribution is 2.26. The Kier molecular flexibility index (Phi) is 2.98. The lowest BCUT2D eigenvalue weighted by Crippen LogP contribution is -2.19. The highest BCUT2D eigenvalue weighted by Gasteiger charge is 2.33. The molecule has 0 radical (unpaired) electrons. The molecule has 0 unspecified atom stereocenters. The first-order chi connectivity index (χ1) is 6.29. The Morgan fingerprint density at radius 3 is 2.50 bits per heavy atom. The number of hydrogen-bond acceptors (Lipinski definition) is 2. The molecule has 0 N–H and O–H groups in total. The summed E-state index contributed by atoms with van der Waals surface area (Å²) >= 11 is 2.92. The zero-order chi connectivity index (χ0) is 10.9. The van der Waals surface area contributed by atoms with Crippen LogP contribution in [0.25, 0.3) is 0 Å². The van der Waals surface area contributed by atoms with Gasteiger partial charge in [-0.05, 0) is 28.9 Å². The van der Waals surface area contributed by atoms with E-state index in [1.807, 2.05) is 0 Å². The average Bonchev–Trinajstić information content (AvgIpc) is 1.97. The lowest BCUT2D eigenvalue weighted by molar-refractivity contribution is -0.277. The van der Waals surface area contributed by atoms with Crippen LogP contribution in [0.5, 0.6) is 5.88 Å². The van der Waals surface area contributed by atoms with Gasteiger partial charge in [-0.1, -0.05) is 0 Å². The van der Waals surface area contributed by atoms with Crippen molar-refractivity contribution >= 4 is 15.9 Å². The minimum Gasteiger partial charge on any atom is -0.385 e. The number of nitrogens with zero attached hydrogens (tertiary/aromatic N) is 1. The molecule has 1 rings (SSSR count). The van der Waals surface area contributed by atoms with Crippen LogP contribution in [0.1, 0.15) is 5.69 Å². The highest BCUT2D eigenvalue weighted by molar-refractivity contribution is 9.10. The Hall–Kier alpha value is -0.850. The Balaban J connectivity index is 3.04. The molecule has 2 nitrogen and oxygen atoms in total. The third-order valence-corrected chi connectivity index (χ3v) is 2.09. The molecule has 0 saturated carbocycles. The molecule has 0 aliphatic heterocycles.